The Kier molecular flexibility index (Phi) is 1.78. The summed E-state index contributed by atoms with van der Waals surface area (Å²) in [5, 5.41) is 0. The quantitative estimate of drug-likeness (QED) is 0.528. The van der Waals surface area contributed by atoms with Crippen LogP contribution in [0, 0.1) is 11.3 Å². The maximum atomic E-state index is 2.52. The molecule has 11 heavy (non-hydrogen) atoms. The van der Waals surface area contributed by atoms with Gasteiger partial charge in [-0.15, -0.1) is 0 Å². The van der Waals surface area contributed by atoms with E-state index in [4.69, 9.17) is 0 Å². The molecule has 0 unspecified atom stereocenters. The van der Waals surface area contributed by atoms with E-state index in [-0.39, 0.29) is 0 Å². The molecule has 0 aliphatic heterocycles. The molecule has 0 N–H and O–H groups in total. The van der Waals surface area contributed by atoms with Crippen molar-refractivity contribution in [2.75, 3.05) is 0 Å². The predicted molar refractivity (Wildman–Crippen MR) is 48.4 cm³/mol. The van der Waals surface area contributed by atoms with Gasteiger partial charge in [-0.05, 0) is 43.4 Å². The summed E-state index contributed by atoms with van der Waals surface area (Å²) >= 11 is 0. The molecule has 0 radical (unpaired) electrons. The molecule has 2 bridgehead atoms. The largest absolute Gasteiger partial charge is 0.0849 e. The van der Waals surface area contributed by atoms with E-state index >= 15 is 0 Å². The van der Waals surface area contributed by atoms with Crippen molar-refractivity contribution < 1.29 is 0 Å². The smallest absolute Gasteiger partial charge is 0.0118 e. The minimum atomic E-state index is 0.656. The molecular weight excluding hydrogens is 132 g/mol. The van der Waals surface area contributed by atoms with Crippen LogP contribution in [0.2, 0.25) is 0 Å². The predicted octanol–water partition coefficient (Wildman–Crippen LogP) is 3.53. The Balaban J connectivity index is 2.11. The Hall–Kier alpha value is -0.260. The maximum absolute atomic E-state index is 2.52. The zero-order chi connectivity index (χ0) is 7.73. The van der Waals surface area contributed by atoms with Crippen molar-refractivity contribution in [1.29, 1.82) is 0 Å². The second kappa shape index (κ2) is 2.66. The Morgan fingerprint density at radius 3 is 2.55 bits per heavy atom. The molecule has 0 aromatic rings. The van der Waals surface area contributed by atoms with E-state index in [1.54, 1.807) is 0 Å². The van der Waals surface area contributed by atoms with E-state index in [9.17, 15) is 0 Å². The van der Waals surface area contributed by atoms with Crippen LogP contribution in [0.4, 0.5) is 0 Å². The number of hydrogen-bond acceptors (Lipinski definition) is 0. The van der Waals surface area contributed by atoms with Gasteiger partial charge in [0.1, 0.15) is 0 Å². The fourth-order valence-electron chi connectivity index (χ4n) is 2.75. The van der Waals surface area contributed by atoms with E-state index in [0.29, 0.717) is 5.41 Å². The van der Waals surface area contributed by atoms with Crippen molar-refractivity contribution in [2.45, 2.75) is 45.4 Å². The fraction of sp³-hybridized carbons (Fsp3) is 0.818. The van der Waals surface area contributed by atoms with E-state index in [2.05, 4.69) is 19.1 Å². The van der Waals surface area contributed by atoms with Crippen LogP contribution in [0.25, 0.3) is 0 Å². The molecular formula is C11H18. The van der Waals surface area contributed by atoms with Gasteiger partial charge < -0.3 is 0 Å². The first kappa shape index (κ1) is 7.39. The Morgan fingerprint density at radius 2 is 2.09 bits per heavy atom. The third-order valence-electron chi connectivity index (χ3n) is 3.50. The molecule has 0 spiro atoms. The third-order valence-corrected chi connectivity index (χ3v) is 3.50. The molecule has 3 rings (SSSR count). The molecule has 0 saturated heterocycles. The highest BCUT2D eigenvalue weighted by Crippen LogP contribution is 2.48. The molecule has 1 fully saturated rings. The van der Waals surface area contributed by atoms with Gasteiger partial charge in [-0.3, -0.25) is 0 Å². The molecule has 0 nitrogen and oxygen atoms in total. The van der Waals surface area contributed by atoms with Crippen LogP contribution in [-0.4, -0.2) is 0 Å². The number of hydrogen-bond donors (Lipinski definition) is 0. The summed E-state index contributed by atoms with van der Waals surface area (Å²) in [5.41, 5.74) is 0.656. The van der Waals surface area contributed by atoms with Gasteiger partial charge in [0.05, 0.1) is 0 Å². The fourth-order valence-corrected chi connectivity index (χ4v) is 2.75. The van der Waals surface area contributed by atoms with Gasteiger partial charge in [-0.1, -0.05) is 25.5 Å². The summed E-state index contributed by atoms with van der Waals surface area (Å²) in [7, 11) is 0. The lowest BCUT2D eigenvalue weighted by Crippen LogP contribution is -2.29. The van der Waals surface area contributed by atoms with Crippen LogP contribution < -0.4 is 0 Å². The summed E-state index contributed by atoms with van der Waals surface area (Å²) in [6.07, 6.45) is 13.7. The van der Waals surface area contributed by atoms with E-state index in [0.717, 1.165) is 5.92 Å². The Labute approximate surface area is 69.7 Å². The van der Waals surface area contributed by atoms with Crippen molar-refractivity contribution in [3.63, 3.8) is 0 Å². The average Bonchev–Trinajstić information content (AvgIpc) is 2.07. The zero-order valence-electron chi connectivity index (χ0n) is 7.47. The number of rotatable bonds is 2. The summed E-state index contributed by atoms with van der Waals surface area (Å²) < 4.78 is 0. The van der Waals surface area contributed by atoms with Crippen LogP contribution >= 0.6 is 0 Å². The highest BCUT2D eigenvalue weighted by Gasteiger charge is 2.35. The molecule has 0 amide bonds. The molecule has 1 saturated carbocycles. The molecule has 0 heteroatoms. The molecule has 3 aliphatic rings. The van der Waals surface area contributed by atoms with E-state index in [1.807, 2.05) is 0 Å². The molecule has 3 aliphatic carbocycles. The van der Waals surface area contributed by atoms with E-state index < -0.39 is 0 Å². The monoisotopic (exact) mass is 150 g/mol. The Morgan fingerprint density at radius 1 is 1.36 bits per heavy atom. The molecule has 0 aromatic heterocycles. The third kappa shape index (κ3) is 1.23. The van der Waals surface area contributed by atoms with Crippen LogP contribution in [0.5, 0.6) is 0 Å². The molecule has 0 atom stereocenters. The summed E-state index contributed by atoms with van der Waals surface area (Å²) in [6.45, 7) is 2.31. The normalized spacial score (nSPS) is 41.4. The highest BCUT2D eigenvalue weighted by molar-refractivity contribution is 5.10. The first-order valence-corrected chi connectivity index (χ1v) is 5.04. The van der Waals surface area contributed by atoms with Crippen molar-refractivity contribution in [1.82, 2.24) is 0 Å². The van der Waals surface area contributed by atoms with Crippen molar-refractivity contribution in [3.05, 3.63) is 12.2 Å². The summed E-state index contributed by atoms with van der Waals surface area (Å²) in [5.74, 6) is 0.953. The van der Waals surface area contributed by atoms with Gasteiger partial charge in [0.25, 0.3) is 0 Å². The van der Waals surface area contributed by atoms with Gasteiger partial charge in [0.15, 0.2) is 0 Å². The van der Waals surface area contributed by atoms with E-state index in [1.165, 1.54) is 38.5 Å². The zero-order valence-corrected chi connectivity index (χ0v) is 7.47. The SMILES string of the molecule is CCCC12C=CC(CC1)CC2. The topological polar surface area (TPSA) is 0 Å². The number of fused-ring (bicyclic) bond motifs is 2. The molecule has 0 aromatic carbocycles. The first-order chi connectivity index (χ1) is 5.35. The summed E-state index contributed by atoms with van der Waals surface area (Å²) in [4.78, 5) is 0. The standard InChI is InChI=1S/C11H18/c1-2-6-11-7-3-10(4-8-11)5-9-11/h3,7,10H,2,4-6,8-9H2,1H3. The van der Waals surface area contributed by atoms with Crippen molar-refractivity contribution in [3.8, 4) is 0 Å². The lowest BCUT2D eigenvalue weighted by Gasteiger charge is -2.42. The van der Waals surface area contributed by atoms with Crippen molar-refractivity contribution in [2.24, 2.45) is 11.3 Å². The van der Waals surface area contributed by atoms with Crippen LogP contribution in [-0.2, 0) is 0 Å². The van der Waals surface area contributed by atoms with Crippen LogP contribution in [0.15, 0.2) is 12.2 Å². The first-order valence-electron chi connectivity index (χ1n) is 5.04. The lowest BCUT2D eigenvalue weighted by molar-refractivity contribution is 0.186. The molecule has 0 heterocycles. The van der Waals surface area contributed by atoms with Gasteiger partial charge in [0, 0.05) is 0 Å². The van der Waals surface area contributed by atoms with Gasteiger partial charge in [-0.25, -0.2) is 0 Å². The number of allylic oxidation sites excluding steroid dienone is 2. The molecule has 62 valence electrons. The lowest BCUT2D eigenvalue weighted by atomic mass is 9.63. The van der Waals surface area contributed by atoms with Gasteiger partial charge in [0.2, 0.25) is 0 Å². The van der Waals surface area contributed by atoms with Gasteiger partial charge >= 0.3 is 0 Å². The van der Waals surface area contributed by atoms with Crippen LogP contribution in [0.1, 0.15) is 45.4 Å². The minimum Gasteiger partial charge on any atom is -0.0849 e. The minimum absolute atomic E-state index is 0.656. The Bertz CT molecular complexity index is 159. The van der Waals surface area contributed by atoms with Crippen molar-refractivity contribution >= 4 is 0 Å². The highest BCUT2D eigenvalue weighted by atomic mass is 14.4. The second-order valence-corrected chi connectivity index (χ2v) is 4.31. The second-order valence-electron chi connectivity index (χ2n) is 4.31. The summed E-state index contributed by atoms with van der Waals surface area (Å²) in [6, 6.07) is 0. The van der Waals surface area contributed by atoms with Crippen LogP contribution in [0.3, 0.4) is 0 Å². The maximum Gasteiger partial charge on any atom is -0.0118 e. The average molecular weight is 150 g/mol. The van der Waals surface area contributed by atoms with Gasteiger partial charge in [-0.2, -0.15) is 0 Å².